The second kappa shape index (κ2) is 14.6. The summed E-state index contributed by atoms with van der Waals surface area (Å²) in [5, 5.41) is 11.4. The fourth-order valence-corrected chi connectivity index (χ4v) is 4.81. The van der Waals surface area contributed by atoms with Gasteiger partial charge in [-0.15, -0.1) is 0 Å². The monoisotopic (exact) mass is 522 g/mol. The molecule has 1 amide bonds. The number of carbonyl (C=O) groups is 2. The summed E-state index contributed by atoms with van der Waals surface area (Å²) >= 11 is 0. The van der Waals surface area contributed by atoms with Crippen molar-refractivity contribution in [3.05, 3.63) is 65.2 Å². The Bertz CT molecular complexity index is 1090. The number of hydrogen-bond donors (Lipinski definition) is 1. The molecule has 0 spiro atoms. The van der Waals surface area contributed by atoms with Crippen molar-refractivity contribution in [2.45, 2.75) is 59.4 Å². The molecule has 1 aliphatic rings. The Balaban J connectivity index is 1.96. The minimum absolute atomic E-state index is 0.100. The molecular weight excluding hydrogens is 480 g/mol. The Labute approximate surface area is 227 Å². The quantitative estimate of drug-likeness (QED) is 0.138. The van der Waals surface area contributed by atoms with Crippen LogP contribution in [0.25, 0.3) is 5.76 Å². The molecule has 38 heavy (non-hydrogen) atoms. The summed E-state index contributed by atoms with van der Waals surface area (Å²) < 4.78 is 11.4. The van der Waals surface area contributed by atoms with Gasteiger partial charge in [-0.3, -0.25) is 9.59 Å². The molecule has 2 aromatic rings. The number of aliphatic hydroxyl groups excluding tert-OH is 1. The number of amides is 1. The highest BCUT2D eigenvalue weighted by Gasteiger charge is 2.45. The van der Waals surface area contributed by atoms with Gasteiger partial charge in [0.15, 0.2) is 0 Å². The van der Waals surface area contributed by atoms with E-state index in [1.165, 1.54) is 0 Å². The molecule has 1 atom stereocenters. The van der Waals surface area contributed by atoms with Gasteiger partial charge in [-0.25, -0.2) is 0 Å². The maximum atomic E-state index is 13.3. The van der Waals surface area contributed by atoms with Crippen LogP contribution in [0.3, 0.4) is 0 Å². The predicted molar refractivity (Wildman–Crippen MR) is 150 cm³/mol. The normalized spacial score (nSPS) is 16.9. The van der Waals surface area contributed by atoms with Crippen LogP contribution in [-0.4, -0.2) is 66.0 Å². The molecule has 0 aliphatic carbocycles. The molecule has 1 unspecified atom stereocenters. The highest BCUT2D eigenvalue weighted by atomic mass is 16.5. The number of hydrogen-bond acceptors (Lipinski definition) is 6. The largest absolute Gasteiger partial charge is 0.507 e. The molecule has 0 aromatic heterocycles. The van der Waals surface area contributed by atoms with Crippen molar-refractivity contribution in [3.63, 3.8) is 0 Å². The molecule has 2 aromatic carbocycles. The Hall–Kier alpha value is -3.32. The van der Waals surface area contributed by atoms with Gasteiger partial charge in [0.05, 0.1) is 24.8 Å². The van der Waals surface area contributed by atoms with E-state index in [0.29, 0.717) is 31.1 Å². The van der Waals surface area contributed by atoms with Gasteiger partial charge in [-0.2, -0.15) is 0 Å². The Kier molecular flexibility index (Phi) is 11.2. The third kappa shape index (κ3) is 7.16. The smallest absolute Gasteiger partial charge is 0.295 e. The molecule has 1 fully saturated rings. The van der Waals surface area contributed by atoms with Gasteiger partial charge in [0.25, 0.3) is 11.7 Å². The summed E-state index contributed by atoms with van der Waals surface area (Å²) in [6.07, 6.45) is 3.96. The van der Waals surface area contributed by atoms with Gasteiger partial charge in [-0.05, 0) is 69.2 Å². The zero-order valence-electron chi connectivity index (χ0n) is 23.2. The van der Waals surface area contributed by atoms with Crippen molar-refractivity contribution < 1.29 is 24.2 Å². The molecule has 1 aliphatic heterocycles. The molecule has 0 saturated carbocycles. The summed E-state index contributed by atoms with van der Waals surface area (Å²) in [6, 6.07) is 13.8. The highest BCUT2D eigenvalue weighted by molar-refractivity contribution is 6.46. The second-order valence-electron chi connectivity index (χ2n) is 9.46. The summed E-state index contributed by atoms with van der Waals surface area (Å²) in [4.78, 5) is 30.5. The lowest BCUT2D eigenvalue weighted by molar-refractivity contribution is -0.140. The van der Waals surface area contributed by atoms with Crippen LogP contribution in [0.15, 0.2) is 54.1 Å². The van der Waals surface area contributed by atoms with Crippen LogP contribution in [0.1, 0.15) is 70.5 Å². The van der Waals surface area contributed by atoms with Crippen molar-refractivity contribution in [2.75, 3.05) is 39.4 Å². The number of benzene rings is 2. The number of aliphatic hydroxyl groups is 1. The first kappa shape index (κ1) is 29.2. The van der Waals surface area contributed by atoms with E-state index in [1.807, 2.05) is 31.2 Å². The van der Waals surface area contributed by atoms with Gasteiger partial charge >= 0.3 is 0 Å². The molecule has 1 saturated heterocycles. The molecule has 0 bridgehead atoms. The Morgan fingerprint density at radius 2 is 1.66 bits per heavy atom. The van der Waals surface area contributed by atoms with E-state index in [2.05, 4.69) is 25.7 Å². The van der Waals surface area contributed by atoms with Crippen molar-refractivity contribution in [1.82, 2.24) is 9.80 Å². The van der Waals surface area contributed by atoms with E-state index in [1.54, 1.807) is 29.2 Å². The standard InChI is InChI=1S/C31H42N2O5/c1-5-9-10-21-38-25-17-15-23(16-18-25)28-27(29(34)24-13-11-14-26(22-24)37-8-4)30(35)31(36)33(28)20-12-19-32(6-2)7-3/h11,13-18,22,28,34H,5-10,12,19-21H2,1-4H3. The predicted octanol–water partition coefficient (Wildman–Crippen LogP) is 5.81. The number of ether oxygens (including phenoxy) is 2. The van der Waals surface area contributed by atoms with Crippen LogP contribution >= 0.6 is 0 Å². The number of ketones is 1. The van der Waals surface area contributed by atoms with E-state index < -0.39 is 17.7 Å². The van der Waals surface area contributed by atoms with E-state index >= 15 is 0 Å². The van der Waals surface area contributed by atoms with Crippen LogP contribution < -0.4 is 9.47 Å². The average Bonchev–Trinajstić information content (AvgIpc) is 3.19. The summed E-state index contributed by atoms with van der Waals surface area (Å²) in [5.74, 6) is -0.117. The zero-order chi connectivity index (χ0) is 27.5. The van der Waals surface area contributed by atoms with E-state index in [-0.39, 0.29) is 11.3 Å². The fourth-order valence-electron chi connectivity index (χ4n) is 4.81. The maximum absolute atomic E-state index is 13.3. The minimum atomic E-state index is -0.684. The lowest BCUT2D eigenvalue weighted by atomic mass is 9.95. The first-order chi connectivity index (χ1) is 18.4. The molecule has 1 N–H and O–H groups in total. The van der Waals surface area contributed by atoms with E-state index in [4.69, 9.17) is 9.47 Å². The topological polar surface area (TPSA) is 79.3 Å². The van der Waals surface area contributed by atoms with Crippen LogP contribution in [-0.2, 0) is 9.59 Å². The van der Waals surface area contributed by atoms with Gasteiger partial charge in [0, 0.05) is 12.1 Å². The lowest BCUT2D eigenvalue weighted by Gasteiger charge is -2.27. The third-order valence-corrected chi connectivity index (χ3v) is 6.94. The molecule has 206 valence electrons. The number of unbranched alkanes of at least 4 members (excludes halogenated alkanes) is 2. The van der Waals surface area contributed by atoms with Crippen LogP contribution in [0, 0.1) is 0 Å². The van der Waals surface area contributed by atoms with Gasteiger partial charge in [0.1, 0.15) is 17.3 Å². The number of rotatable bonds is 15. The van der Waals surface area contributed by atoms with Crippen LogP contribution in [0.4, 0.5) is 0 Å². The Morgan fingerprint density at radius 1 is 0.921 bits per heavy atom. The molecule has 7 nitrogen and oxygen atoms in total. The van der Waals surface area contributed by atoms with Crippen LogP contribution in [0.5, 0.6) is 11.5 Å². The van der Waals surface area contributed by atoms with E-state index in [0.717, 1.165) is 56.6 Å². The molecular formula is C31H42N2O5. The summed E-state index contributed by atoms with van der Waals surface area (Å²) in [5.41, 5.74) is 1.30. The number of Topliss-reactive ketones (excluding diaryl/α,β-unsaturated/α-hetero) is 1. The van der Waals surface area contributed by atoms with Crippen molar-refractivity contribution in [3.8, 4) is 11.5 Å². The molecule has 0 radical (unpaired) electrons. The molecule has 3 rings (SSSR count). The number of nitrogens with zero attached hydrogens (tertiary/aromatic N) is 2. The number of likely N-dealkylation sites (tertiary alicyclic amines) is 1. The van der Waals surface area contributed by atoms with E-state index in [9.17, 15) is 14.7 Å². The SMILES string of the molecule is CCCCCOc1ccc(C2C(=C(O)c3cccc(OCC)c3)C(=O)C(=O)N2CCCN(CC)CC)cc1. The van der Waals surface area contributed by atoms with Gasteiger partial charge in [0.2, 0.25) is 0 Å². The van der Waals surface area contributed by atoms with Gasteiger partial charge < -0.3 is 24.4 Å². The highest BCUT2D eigenvalue weighted by Crippen LogP contribution is 2.40. The maximum Gasteiger partial charge on any atom is 0.295 e. The van der Waals surface area contributed by atoms with Gasteiger partial charge in [-0.1, -0.05) is 57.9 Å². The first-order valence-electron chi connectivity index (χ1n) is 13.9. The van der Waals surface area contributed by atoms with Crippen molar-refractivity contribution in [2.24, 2.45) is 0 Å². The second-order valence-corrected chi connectivity index (χ2v) is 9.46. The van der Waals surface area contributed by atoms with Crippen LogP contribution in [0.2, 0.25) is 0 Å². The molecule has 1 heterocycles. The van der Waals surface area contributed by atoms with Crippen molar-refractivity contribution >= 4 is 17.4 Å². The third-order valence-electron chi connectivity index (χ3n) is 6.94. The Morgan fingerprint density at radius 3 is 2.32 bits per heavy atom. The number of carbonyl (C=O) groups excluding carboxylic acids is 2. The lowest BCUT2D eigenvalue weighted by Crippen LogP contribution is -2.33. The molecule has 7 heteroatoms. The first-order valence-corrected chi connectivity index (χ1v) is 13.9. The zero-order valence-corrected chi connectivity index (χ0v) is 23.2. The average molecular weight is 523 g/mol. The fraction of sp³-hybridized carbons (Fsp3) is 0.484. The summed E-state index contributed by atoms with van der Waals surface area (Å²) in [6.45, 7) is 12.5. The minimum Gasteiger partial charge on any atom is -0.507 e. The summed E-state index contributed by atoms with van der Waals surface area (Å²) in [7, 11) is 0. The van der Waals surface area contributed by atoms with Crippen molar-refractivity contribution in [1.29, 1.82) is 0 Å².